The SMILES string of the molecule is O=S(=O)(c1ccc(-c2csc(Nc3cccc(C(F)(F)F)c3)n2)cc1)N1CCCCC1. The van der Waals surface area contributed by atoms with Crippen molar-refractivity contribution in [2.45, 2.75) is 30.3 Å². The zero-order chi connectivity index (χ0) is 22.1. The lowest BCUT2D eigenvalue weighted by Gasteiger charge is -2.25. The fraction of sp³-hybridized carbons (Fsp3) is 0.286. The Morgan fingerprint density at radius 2 is 1.71 bits per heavy atom. The number of nitrogens with zero attached hydrogens (tertiary/aromatic N) is 2. The van der Waals surface area contributed by atoms with Crippen LogP contribution in [0.5, 0.6) is 0 Å². The van der Waals surface area contributed by atoms with Gasteiger partial charge < -0.3 is 5.32 Å². The minimum atomic E-state index is -4.41. The van der Waals surface area contributed by atoms with E-state index >= 15 is 0 Å². The Bertz CT molecular complexity index is 1150. The zero-order valence-electron chi connectivity index (χ0n) is 16.4. The molecule has 3 aromatic rings. The minimum Gasteiger partial charge on any atom is -0.332 e. The maximum atomic E-state index is 12.9. The molecule has 1 aromatic heterocycles. The largest absolute Gasteiger partial charge is 0.416 e. The Labute approximate surface area is 182 Å². The molecule has 164 valence electrons. The summed E-state index contributed by atoms with van der Waals surface area (Å²) in [7, 11) is -3.50. The molecule has 1 fully saturated rings. The molecule has 0 saturated carbocycles. The second kappa shape index (κ2) is 8.60. The molecule has 2 aromatic carbocycles. The fourth-order valence-corrected chi connectivity index (χ4v) is 5.67. The molecular formula is C21H20F3N3O2S2. The smallest absolute Gasteiger partial charge is 0.332 e. The molecule has 0 amide bonds. The van der Waals surface area contributed by atoms with E-state index < -0.39 is 21.8 Å². The van der Waals surface area contributed by atoms with Crippen molar-refractivity contribution < 1.29 is 21.6 Å². The maximum Gasteiger partial charge on any atom is 0.416 e. The van der Waals surface area contributed by atoms with Crippen molar-refractivity contribution in [1.82, 2.24) is 9.29 Å². The van der Waals surface area contributed by atoms with Crippen LogP contribution in [-0.4, -0.2) is 30.8 Å². The highest BCUT2D eigenvalue weighted by Gasteiger charge is 2.30. The van der Waals surface area contributed by atoms with Crippen LogP contribution in [0.2, 0.25) is 0 Å². The van der Waals surface area contributed by atoms with Crippen LogP contribution in [-0.2, 0) is 16.2 Å². The molecule has 1 N–H and O–H groups in total. The third-order valence-corrected chi connectivity index (χ3v) is 7.72. The highest BCUT2D eigenvalue weighted by Crippen LogP contribution is 2.33. The molecule has 31 heavy (non-hydrogen) atoms. The van der Waals surface area contributed by atoms with E-state index in [1.54, 1.807) is 29.6 Å². The van der Waals surface area contributed by atoms with E-state index in [0.29, 0.717) is 29.6 Å². The van der Waals surface area contributed by atoms with Gasteiger partial charge in [0.1, 0.15) is 0 Å². The lowest BCUT2D eigenvalue weighted by atomic mass is 10.2. The van der Waals surface area contributed by atoms with E-state index in [-0.39, 0.29) is 4.90 Å². The van der Waals surface area contributed by atoms with Gasteiger partial charge in [0.05, 0.1) is 16.2 Å². The van der Waals surface area contributed by atoms with Crippen LogP contribution in [0.1, 0.15) is 24.8 Å². The molecule has 2 heterocycles. The van der Waals surface area contributed by atoms with Gasteiger partial charge in [-0.05, 0) is 43.2 Å². The summed E-state index contributed by atoms with van der Waals surface area (Å²) in [6.45, 7) is 1.08. The molecule has 0 radical (unpaired) electrons. The van der Waals surface area contributed by atoms with E-state index in [0.717, 1.165) is 37.0 Å². The number of aromatic nitrogens is 1. The average molecular weight is 468 g/mol. The average Bonchev–Trinajstić information content (AvgIpc) is 3.22. The third kappa shape index (κ3) is 4.91. The molecule has 0 atom stereocenters. The number of anilines is 2. The first kappa shape index (κ1) is 21.8. The predicted octanol–water partition coefficient (Wildman–Crippen LogP) is 5.75. The van der Waals surface area contributed by atoms with Crippen LogP contribution >= 0.6 is 11.3 Å². The zero-order valence-corrected chi connectivity index (χ0v) is 18.0. The van der Waals surface area contributed by atoms with Gasteiger partial charge >= 0.3 is 6.18 Å². The Morgan fingerprint density at radius 1 is 1.00 bits per heavy atom. The number of hydrogen-bond acceptors (Lipinski definition) is 5. The van der Waals surface area contributed by atoms with Gasteiger partial charge in [-0.25, -0.2) is 13.4 Å². The van der Waals surface area contributed by atoms with Crippen molar-refractivity contribution in [3.05, 3.63) is 59.5 Å². The van der Waals surface area contributed by atoms with E-state index in [1.165, 1.54) is 27.8 Å². The summed E-state index contributed by atoms with van der Waals surface area (Å²) >= 11 is 1.26. The van der Waals surface area contributed by atoms with E-state index in [1.807, 2.05) is 0 Å². The molecule has 0 aliphatic carbocycles. The van der Waals surface area contributed by atoms with Gasteiger partial charge in [0, 0.05) is 29.7 Å². The van der Waals surface area contributed by atoms with Gasteiger partial charge in [-0.3, -0.25) is 0 Å². The van der Waals surface area contributed by atoms with Crippen LogP contribution < -0.4 is 5.32 Å². The summed E-state index contributed by atoms with van der Waals surface area (Å²) < 4.78 is 65.7. The van der Waals surface area contributed by atoms with Crippen LogP contribution in [0.25, 0.3) is 11.3 Å². The summed E-state index contributed by atoms with van der Waals surface area (Å²) in [4.78, 5) is 4.66. The van der Waals surface area contributed by atoms with Crippen LogP contribution in [0.15, 0.2) is 58.8 Å². The Morgan fingerprint density at radius 3 is 2.39 bits per heavy atom. The highest BCUT2D eigenvalue weighted by atomic mass is 32.2. The van der Waals surface area contributed by atoms with Crippen molar-refractivity contribution >= 4 is 32.2 Å². The molecule has 5 nitrogen and oxygen atoms in total. The maximum absolute atomic E-state index is 12.9. The van der Waals surface area contributed by atoms with Crippen LogP contribution in [0.4, 0.5) is 24.0 Å². The van der Waals surface area contributed by atoms with Gasteiger partial charge in [0.25, 0.3) is 0 Å². The molecular weight excluding hydrogens is 447 g/mol. The molecule has 1 aliphatic heterocycles. The number of sulfonamides is 1. The summed E-state index contributed by atoms with van der Waals surface area (Å²) in [6.07, 6.45) is -1.62. The second-order valence-electron chi connectivity index (χ2n) is 7.23. The van der Waals surface area contributed by atoms with Crippen molar-refractivity contribution in [1.29, 1.82) is 0 Å². The lowest BCUT2D eigenvalue weighted by molar-refractivity contribution is -0.137. The number of piperidine rings is 1. The second-order valence-corrected chi connectivity index (χ2v) is 10.0. The van der Waals surface area contributed by atoms with Gasteiger partial charge in [0.2, 0.25) is 10.0 Å². The van der Waals surface area contributed by atoms with Crippen molar-refractivity contribution in [2.24, 2.45) is 0 Å². The molecule has 0 unspecified atom stereocenters. The molecule has 10 heteroatoms. The van der Waals surface area contributed by atoms with Crippen molar-refractivity contribution in [2.75, 3.05) is 18.4 Å². The minimum absolute atomic E-state index is 0.246. The van der Waals surface area contributed by atoms with Crippen molar-refractivity contribution in [3.8, 4) is 11.3 Å². The first-order chi connectivity index (χ1) is 14.7. The number of nitrogens with one attached hydrogen (secondary N) is 1. The van der Waals surface area contributed by atoms with E-state index in [4.69, 9.17) is 0 Å². The first-order valence-electron chi connectivity index (χ1n) is 9.74. The topological polar surface area (TPSA) is 62.3 Å². The van der Waals surface area contributed by atoms with Gasteiger partial charge in [-0.1, -0.05) is 24.6 Å². The lowest BCUT2D eigenvalue weighted by Crippen LogP contribution is -2.35. The highest BCUT2D eigenvalue weighted by molar-refractivity contribution is 7.89. The Kier molecular flexibility index (Phi) is 6.05. The number of thiazole rings is 1. The van der Waals surface area contributed by atoms with E-state index in [2.05, 4.69) is 10.3 Å². The van der Waals surface area contributed by atoms with Gasteiger partial charge in [-0.15, -0.1) is 11.3 Å². The summed E-state index contributed by atoms with van der Waals surface area (Å²) in [6, 6.07) is 11.4. The van der Waals surface area contributed by atoms with Crippen molar-refractivity contribution in [3.63, 3.8) is 0 Å². The van der Waals surface area contributed by atoms with E-state index in [9.17, 15) is 21.6 Å². The summed E-state index contributed by atoms with van der Waals surface area (Å²) in [5.41, 5.74) is 0.894. The number of halogens is 3. The standard InChI is InChI=1S/C21H20F3N3O2S2/c22-21(23,24)16-5-4-6-17(13-16)25-20-26-19(14-30-20)15-7-9-18(10-8-15)31(28,29)27-11-2-1-3-12-27/h4-10,13-14H,1-3,11-12H2,(H,25,26). The molecule has 4 rings (SSSR count). The molecule has 0 spiro atoms. The number of rotatable bonds is 5. The number of alkyl halides is 3. The van der Waals surface area contributed by atoms with Crippen LogP contribution in [0.3, 0.4) is 0 Å². The quantitative estimate of drug-likeness (QED) is 0.519. The summed E-state index contributed by atoms with van der Waals surface area (Å²) in [5.74, 6) is 0. The first-order valence-corrected chi connectivity index (χ1v) is 12.1. The van der Waals surface area contributed by atoms with Crippen LogP contribution in [0, 0.1) is 0 Å². The third-order valence-electron chi connectivity index (χ3n) is 5.05. The van der Waals surface area contributed by atoms with Gasteiger partial charge in [-0.2, -0.15) is 17.5 Å². The normalized spacial score (nSPS) is 15.7. The Balaban J connectivity index is 1.49. The predicted molar refractivity (Wildman–Crippen MR) is 115 cm³/mol. The number of benzene rings is 2. The molecule has 1 aliphatic rings. The Hall–Kier alpha value is -2.43. The number of hydrogen-bond donors (Lipinski definition) is 1. The molecule has 0 bridgehead atoms. The van der Waals surface area contributed by atoms with Gasteiger partial charge in [0.15, 0.2) is 5.13 Å². The molecule has 1 saturated heterocycles. The monoisotopic (exact) mass is 467 g/mol. The summed E-state index contributed by atoms with van der Waals surface area (Å²) in [5, 5.41) is 5.10. The fourth-order valence-electron chi connectivity index (χ4n) is 3.41.